The zero-order chi connectivity index (χ0) is 14.6. The van der Waals surface area contributed by atoms with Crippen molar-refractivity contribution in [2.24, 2.45) is 5.41 Å². The maximum Gasteiger partial charge on any atom is 0.0161 e. The van der Waals surface area contributed by atoms with Crippen LogP contribution in [-0.2, 0) is 6.42 Å². The van der Waals surface area contributed by atoms with Crippen LogP contribution in [-0.4, -0.2) is 13.1 Å². The Morgan fingerprint density at radius 2 is 1.70 bits per heavy atom. The van der Waals surface area contributed by atoms with Crippen molar-refractivity contribution in [1.29, 1.82) is 0 Å². The molecule has 1 nitrogen and oxygen atoms in total. The molecule has 1 saturated carbocycles. The SMILES string of the molecule is CCC1(C(Cc2ccc(C(C)C)cc2)NC)CCCC1. The molecule has 1 unspecified atom stereocenters. The van der Waals surface area contributed by atoms with Crippen LogP contribution in [0.5, 0.6) is 0 Å². The number of likely N-dealkylation sites (N-methyl/N-ethyl adjacent to an activating group) is 1. The van der Waals surface area contributed by atoms with Crippen LogP contribution in [0.2, 0.25) is 0 Å². The summed E-state index contributed by atoms with van der Waals surface area (Å²) >= 11 is 0. The van der Waals surface area contributed by atoms with Gasteiger partial charge in [-0.3, -0.25) is 0 Å². The Bertz CT molecular complexity index is 398. The van der Waals surface area contributed by atoms with E-state index in [1.54, 1.807) is 0 Å². The third-order valence-electron chi connectivity index (χ3n) is 5.48. The fraction of sp³-hybridized carbons (Fsp3) is 0.684. The molecule has 1 aromatic carbocycles. The summed E-state index contributed by atoms with van der Waals surface area (Å²) in [6.45, 7) is 6.89. The number of hydrogen-bond donors (Lipinski definition) is 1. The Morgan fingerprint density at radius 3 is 2.15 bits per heavy atom. The van der Waals surface area contributed by atoms with Gasteiger partial charge in [-0.15, -0.1) is 0 Å². The zero-order valence-electron chi connectivity index (χ0n) is 13.7. The number of nitrogens with one attached hydrogen (secondary N) is 1. The quantitative estimate of drug-likeness (QED) is 0.776. The van der Waals surface area contributed by atoms with Crippen molar-refractivity contribution >= 4 is 0 Å². The number of benzene rings is 1. The maximum absolute atomic E-state index is 3.62. The first-order chi connectivity index (χ1) is 9.61. The summed E-state index contributed by atoms with van der Waals surface area (Å²) in [5.74, 6) is 0.626. The Balaban J connectivity index is 2.09. The topological polar surface area (TPSA) is 12.0 Å². The summed E-state index contributed by atoms with van der Waals surface area (Å²) < 4.78 is 0. The lowest BCUT2D eigenvalue weighted by Crippen LogP contribution is -2.43. The van der Waals surface area contributed by atoms with Crippen molar-refractivity contribution in [2.45, 2.75) is 71.3 Å². The molecule has 1 aliphatic rings. The second-order valence-corrected chi connectivity index (χ2v) is 6.86. The molecule has 0 radical (unpaired) electrons. The third-order valence-corrected chi connectivity index (χ3v) is 5.48. The van der Waals surface area contributed by atoms with Crippen molar-refractivity contribution < 1.29 is 0 Å². The number of hydrogen-bond acceptors (Lipinski definition) is 1. The molecule has 1 aliphatic carbocycles. The van der Waals surface area contributed by atoms with Crippen LogP contribution in [0.3, 0.4) is 0 Å². The van der Waals surface area contributed by atoms with Crippen LogP contribution in [0.4, 0.5) is 0 Å². The highest BCUT2D eigenvalue weighted by Crippen LogP contribution is 2.44. The predicted octanol–water partition coefficient (Wildman–Crippen LogP) is 4.91. The van der Waals surface area contributed by atoms with Gasteiger partial charge in [-0.1, -0.05) is 57.9 Å². The smallest absolute Gasteiger partial charge is 0.0161 e. The summed E-state index contributed by atoms with van der Waals surface area (Å²) in [7, 11) is 2.14. The van der Waals surface area contributed by atoms with Gasteiger partial charge in [-0.25, -0.2) is 0 Å². The molecule has 2 rings (SSSR count). The summed E-state index contributed by atoms with van der Waals surface area (Å²) in [6, 6.07) is 9.90. The van der Waals surface area contributed by atoms with Gasteiger partial charge in [0, 0.05) is 6.04 Å². The monoisotopic (exact) mass is 273 g/mol. The van der Waals surface area contributed by atoms with Crippen molar-refractivity contribution in [1.82, 2.24) is 5.32 Å². The summed E-state index contributed by atoms with van der Waals surface area (Å²) in [5.41, 5.74) is 3.46. The fourth-order valence-electron chi connectivity index (χ4n) is 3.93. The van der Waals surface area contributed by atoms with E-state index in [-0.39, 0.29) is 0 Å². The van der Waals surface area contributed by atoms with Gasteiger partial charge in [0.2, 0.25) is 0 Å². The second-order valence-electron chi connectivity index (χ2n) is 6.86. The molecule has 1 N–H and O–H groups in total. The highest BCUT2D eigenvalue weighted by atomic mass is 14.9. The van der Waals surface area contributed by atoms with Gasteiger partial charge in [-0.05, 0) is 55.2 Å². The number of rotatable bonds is 6. The molecule has 0 bridgehead atoms. The first kappa shape index (κ1) is 15.6. The second kappa shape index (κ2) is 6.76. The van der Waals surface area contributed by atoms with Crippen molar-refractivity contribution in [3.63, 3.8) is 0 Å². The maximum atomic E-state index is 3.62. The van der Waals surface area contributed by atoms with Crippen LogP contribution in [0, 0.1) is 5.41 Å². The molecule has 0 saturated heterocycles. The van der Waals surface area contributed by atoms with E-state index < -0.39 is 0 Å². The summed E-state index contributed by atoms with van der Waals surface area (Å²) in [6.07, 6.45) is 8.11. The average molecular weight is 273 g/mol. The molecular formula is C19H31N. The zero-order valence-corrected chi connectivity index (χ0v) is 13.7. The molecular weight excluding hydrogens is 242 g/mol. The molecule has 20 heavy (non-hydrogen) atoms. The molecule has 0 heterocycles. The van der Waals surface area contributed by atoms with E-state index >= 15 is 0 Å². The van der Waals surface area contributed by atoms with E-state index in [0.29, 0.717) is 17.4 Å². The van der Waals surface area contributed by atoms with Gasteiger partial charge in [0.1, 0.15) is 0 Å². The van der Waals surface area contributed by atoms with E-state index in [1.165, 1.54) is 49.7 Å². The Kier molecular flexibility index (Phi) is 5.26. The molecule has 0 amide bonds. The standard InChI is InChI=1S/C19H31N/c1-5-19(12-6-7-13-19)18(20-4)14-16-8-10-17(11-9-16)15(2)3/h8-11,15,18,20H,5-7,12-14H2,1-4H3. The fourth-order valence-corrected chi connectivity index (χ4v) is 3.93. The predicted molar refractivity (Wildman–Crippen MR) is 88.3 cm³/mol. The van der Waals surface area contributed by atoms with Crippen LogP contribution in [0.25, 0.3) is 0 Å². The van der Waals surface area contributed by atoms with Crippen molar-refractivity contribution in [3.05, 3.63) is 35.4 Å². The summed E-state index contributed by atoms with van der Waals surface area (Å²) in [5, 5.41) is 3.62. The molecule has 0 spiro atoms. The van der Waals surface area contributed by atoms with Crippen molar-refractivity contribution in [3.8, 4) is 0 Å². The van der Waals surface area contributed by atoms with Crippen LogP contribution in [0.15, 0.2) is 24.3 Å². The lowest BCUT2D eigenvalue weighted by atomic mass is 9.74. The largest absolute Gasteiger partial charge is 0.316 e. The van der Waals surface area contributed by atoms with Crippen LogP contribution in [0.1, 0.15) is 69.9 Å². The Morgan fingerprint density at radius 1 is 1.10 bits per heavy atom. The molecule has 0 aromatic heterocycles. The van der Waals surface area contributed by atoms with Gasteiger partial charge in [-0.2, -0.15) is 0 Å². The molecule has 1 heteroatoms. The van der Waals surface area contributed by atoms with E-state index in [2.05, 4.69) is 57.4 Å². The average Bonchev–Trinajstić information content (AvgIpc) is 2.95. The van der Waals surface area contributed by atoms with E-state index in [4.69, 9.17) is 0 Å². The molecule has 1 fully saturated rings. The Hall–Kier alpha value is -0.820. The normalized spacial score (nSPS) is 19.4. The van der Waals surface area contributed by atoms with E-state index in [9.17, 15) is 0 Å². The van der Waals surface area contributed by atoms with Gasteiger partial charge in [0.15, 0.2) is 0 Å². The molecule has 0 aliphatic heterocycles. The van der Waals surface area contributed by atoms with Crippen LogP contribution >= 0.6 is 0 Å². The summed E-state index contributed by atoms with van der Waals surface area (Å²) in [4.78, 5) is 0. The lowest BCUT2D eigenvalue weighted by molar-refractivity contribution is 0.192. The minimum absolute atomic E-state index is 0.533. The highest BCUT2D eigenvalue weighted by Gasteiger charge is 2.38. The van der Waals surface area contributed by atoms with Crippen LogP contribution < -0.4 is 5.32 Å². The van der Waals surface area contributed by atoms with Crippen molar-refractivity contribution in [2.75, 3.05) is 7.05 Å². The van der Waals surface area contributed by atoms with Gasteiger partial charge in [0.05, 0.1) is 0 Å². The molecule has 112 valence electrons. The Labute approximate surface area is 125 Å². The highest BCUT2D eigenvalue weighted by molar-refractivity contribution is 5.25. The minimum atomic E-state index is 0.533. The van der Waals surface area contributed by atoms with E-state index in [1.807, 2.05) is 0 Å². The molecule has 1 aromatic rings. The minimum Gasteiger partial charge on any atom is -0.316 e. The van der Waals surface area contributed by atoms with Gasteiger partial charge >= 0.3 is 0 Å². The van der Waals surface area contributed by atoms with E-state index in [0.717, 1.165) is 0 Å². The first-order valence-electron chi connectivity index (χ1n) is 8.37. The lowest BCUT2D eigenvalue weighted by Gasteiger charge is -2.37. The van der Waals surface area contributed by atoms with Gasteiger partial charge in [0.25, 0.3) is 0 Å². The third kappa shape index (κ3) is 3.25. The molecule has 1 atom stereocenters. The first-order valence-corrected chi connectivity index (χ1v) is 8.37. The van der Waals surface area contributed by atoms with Gasteiger partial charge < -0.3 is 5.32 Å².